The van der Waals surface area contributed by atoms with Crippen molar-refractivity contribution in [3.8, 4) is 0 Å². The number of nitrogens with zero attached hydrogens (tertiary/aromatic N) is 2. The maximum absolute atomic E-state index is 10.3. The molecule has 2 heterocycles. The highest BCUT2D eigenvalue weighted by molar-refractivity contribution is 5.20. The maximum atomic E-state index is 10.3. The Hall–Kier alpha value is -1.78. The number of pyridine rings is 2. The number of aromatic nitrogens is 2. The number of aliphatic hydroxyl groups excluding tert-OH is 1. The van der Waals surface area contributed by atoms with Gasteiger partial charge in [-0.1, -0.05) is 12.1 Å². The van der Waals surface area contributed by atoms with Crippen LogP contribution in [0.15, 0.2) is 48.9 Å². The van der Waals surface area contributed by atoms with Crippen molar-refractivity contribution >= 4 is 0 Å². The minimum absolute atomic E-state index is 0.208. The molecule has 0 aromatic carbocycles. The summed E-state index contributed by atoms with van der Waals surface area (Å²) in [5, 5.41) is 10.3. The van der Waals surface area contributed by atoms with Crippen LogP contribution in [0.5, 0.6) is 0 Å². The Morgan fingerprint density at radius 2 is 2.06 bits per heavy atom. The van der Waals surface area contributed by atoms with E-state index < -0.39 is 6.10 Å². The zero-order valence-electron chi connectivity index (χ0n) is 9.40. The first-order chi connectivity index (χ1) is 8.33. The predicted molar refractivity (Wildman–Crippen MR) is 65.2 cm³/mol. The number of hydrogen-bond donors (Lipinski definition) is 2. The number of hydrogen-bond acceptors (Lipinski definition) is 4. The summed E-state index contributed by atoms with van der Waals surface area (Å²) in [5.41, 5.74) is 7.28. The summed E-state index contributed by atoms with van der Waals surface area (Å²) in [4.78, 5) is 8.23. The van der Waals surface area contributed by atoms with E-state index >= 15 is 0 Å². The van der Waals surface area contributed by atoms with E-state index in [-0.39, 0.29) is 5.92 Å². The summed E-state index contributed by atoms with van der Waals surface area (Å²) in [5.74, 6) is -0.208. The monoisotopic (exact) mass is 229 g/mol. The molecule has 3 N–H and O–H groups in total. The molecule has 2 unspecified atom stereocenters. The zero-order valence-corrected chi connectivity index (χ0v) is 9.40. The fourth-order valence-corrected chi connectivity index (χ4v) is 1.79. The highest BCUT2D eigenvalue weighted by Crippen LogP contribution is 2.28. The molecule has 2 aromatic rings. The summed E-state index contributed by atoms with van der Waals surface area (Å²) < 4.78 is 0. The summed E-state index contributed by atoms with van der Waals surface area (Å²) in [6.45, 7) is 0.340. The molecular formula is C13H15N3O. The van der Waals surface area contributed by atoms with Gasteiger partial charge in [0.2, 0.25) is 0 Å². The van der Waals surface area contributed by atoms with E-state index in [9.17, 15) is 5.11 Å². The molecule has 4 heteroatoms. The van der Waals surface area contributed by atoms with Gasteiger partial charge in [-0.2, -0.15) is 0 Å². The third kappa shape index (κ3) is 2.67. The van der Waals surface area contributed by atoms with Gasteiger partial charge in [-0.25, -0.2) is 0 Å². The first kappa shape index (κ1) is 11.7. The van der Waals surface area contributed by atoms with Crippen molar-refractivity contribution in [3.05, 3.63) is 60.2 Å². The third-order valence-corrected chi connectivity index (χ3v) is 2.73. The van der Waals surface area contributed by atoms with Crippen LogP contribution < -0.4 is 5.73 Å². The van der Waals surface area contributed by atoms with Gasteiger partial charge < -0.3 is 10.8 Å². The topological polar surface area (TPSA) is 72.0 Å². The first-order valence-electron chi connectivity index (χ1n) is 5.52. The largest absolute Gasteiger partial charge is 0.388 e. The smallest absolute Gasteiger partial charge is 0.0900 e. The molecule has 2 rings (SSSR count). The molecule has 88 valence electrons. The molecule has 0 amide bonds. The van der Waals surface area contributed by atoms with Crippen LogP contribution in [0.1, 0.15) is 23.3 Å². The van der Waals surface area contributed by atoms with Gasteiger partial charge in [-0.15, -0.1) is 0 Å². The van der Waals surface area contributed by atoms with E-state index in [1.807, 2.05) is 24.3 Å². The lowest BCUT2D eigenvalue weighted by atomic mass is 9.93. The van der Waals surface area contributed by atoms with E-state index in [4.69, 9.17) is 5.73 Å². The van der Waals surface area contributed by atoms with Crippen molar-refractivity contribution in [1.82, 2.24) is 9.97 Å². The second kappa shape index (κ2) is 5.52. The Bertz CT molecular complexity index is 447. The third-order valence-electron chi connectivity index (χ3n) is 2.73. The lowest BCUT2D eigenvalue weighted by molar-refractivity contribution is 0.145. The molecular weight excluding hydrogens is 214 g/mol. The number of rotatable bonds is 4. The van der Waals surface area contributed by atoms with Crippen LogP contribution in [0.3, 0.4) is 0 Å². The fourth-order valence-electron chi connectivity index (χ4n) is 1.79. The molecule has 0 fully saturated rings. The lowest BCUT2D eigenvalue weighted by Gasteiger charge is -2.20. The Morgan fingerprint density at radius 1 is 1.18 bits per heavy atom. The van der Waals surface area contributed by atoms with Crippen LogP contribution in [-0.2, 0) is 0 Å². The van der Waals surface area contributed by atoms with Gasteiger partial charge in [0.25, 0.3) is 0 Å². The summed E-state index contributed by atoms with van der Waals surface area (Å²) >= 11 is 0. The van der Waals surface area contributed by atoms with Crippen LogP contribution in [0, 0.1) is 0 Å². The minimum Gasteiger partial charge on any atom is -0.388 e. The Balaban J connectivity index is 2.25. The van der Waals surface area contributed by atoms with Gasteiger partial charge in [-0.3, -0.25) is 9.97 Å². The predicted octanol–water partition coefficient (Wildman–Crippen LogP) is 1.25. The van der Waals surface area contributed by atoms with Crippen molar-refractivity contribution in [1.29, 1.82) is 0 Å². The van der Waals surface area contributed by atoms with Gasteiger partial charge in [0.15, 0.2) is 0 Å². The van der Waals surface area contributed by atoms with Crippen molar-refractivity contribution in [2.45, 2.75) is 12.0 Å². The first-order valence-corrected chi connectivity index (χ1v) is 5.52. The van der Waals surface area contributed by atoms with Crippen molar-refractivity contribution < 1.29 is 5.11 Å². The SMILES string of the molecule is NCC(c1ccccn1)C(O)c1cccnc1. The van der Waals surface area contributed by atoms with E-state index in [2.05, 4.69) is 9.97 Å². The van der Waals surface area contributed by atoms with Crippen LogP contribution in [0.4, 0.5) is 0 Å². The van der Waals surface area contributed by atoms with Crippen molar-refractivity contribution in [2.75, 3.05) is 6.54 Å². The lowest BCUT2D eigenvalue weighted by Crippen LogP contribution is -2.21. The number of aliphatic hydroxyl groups is 1. The van der Waals surface area contributed by atoms with Crippen LogP contribution >= 0.6 is 0 Å². The van der Waals surface area contributed by atoms with Gasteiger partial charge >= 0.3 is 0 Å². The standard InChI is InChI=1S/C13H15N3O/c14-8-11(12-5-1-2-7-16-12)13(17)10-4-3-6-15-9-10/h1-7,9,11,13,17H,8,14H2. The molecule has 2 atom stereocenters. The van der Waals surface area contributed by atoms with Crippen LogP contribution in [0.25, 0.3) is 0 Å². The van der Waals surface area contributed by atoms with Gasteiger partial charge in [0, 0.05) is 36.7 Å². The Kier molecular flexibility index (Phi) is 3.80. The fraction of sp³-hybridized carbons (Fsp3) is 0.231. The maximum Gasteiger partial charge on any atom is 0.0900 e. The summed E-state index contributed by atoms with van der Waals surface area (Å²) in [6.07, 6.45) is 4.35. The number of nitrogens with two attached hydrogens (primary N) is 1. The molecule has 0 aliphatic heterocycles. The van der Waals surface area contributed by atoms with E-state index in [0.717, 1.165) is 11.3 Å². The molecule has 0 spiro atoms. The Morgan fingerprint density at radius 3 is 2.65 bits per heavy atom. The van der Waals surface area contributed by atoms with E-state index in [0.29, 0.717) is 6.54 Å². The molecule has 4 nitrogen and oxygen atoms in total. The summed E-state index contributed by atoms with van der Waals surface area (Å²) in [7, 11) is 0. The Labute approximate surface area is 100 Å². The average molecular weight is 229 g/mol. The van der Waals surface area contributed by atoms with Crippen molar-refractivity contribution in [3.63, 3.8) is 0 Å². The second-order valence-electron chi connectivity index (χ2n) is 3.83. The zero-order chi connectivity index (χ0) is 12.1. The highest BCUT2D eigenvalue weighted by Gasteiger charge is 2.22. The molecule has 0 bridgehead atoms. The molecule has 0 aliphatic rings. The molecule has 2 aromatic heterocycles. The molecule has 0 aliphatic carbocycles. The van der Waals surface area contributed by atoms with Crippen LogP contribution in [-0.4, -0.2) is 21.6 Å². The molecule has 0 saturated carbocycles. The quantitative estimate of drug-likeness (QED) is 0.827. The van der Waals surface area contributed by atoms with Crippen molar-refractivity contribution in [2.24, 2.45) is 5.73 Å². The normalized spacial score (nSPS) is 14.2. The summed E-state index contributed by atoms with van der Waals surface area (Å²) in [6, 6.07) is 9.24. The second-order valence-corrected chi connectivity index (χ2v) is 3.83. The average Bonchev–Trinajstić information content (AvgIpc) is 2.42. The molecule has 0 radical (unpaired) electrons. The van der Waals surface area contributed by atoms with E-state index in [1.165, 1.54) is 0 Å². The minimum atomic E-state index is -0.677. The van der Waals surface area contributed by atoms with Crippen LogP contribution in [0.2, 0.25) is 0 Å². The van der Waals surface area contributed by atoms with Gasteiger partial charge in [0.05, 0.1) is 6.10 Å². The van der Waals surface area contributed by atoms with Gasteiger partial charge in [-0.05, 0) is 23.8 Å². The molecule has 0 saturated heterocycles. The van der Waals surface area contributed by atoms with Gasteiger partial charge in [0.1, 0.15) is 0 Å². The molecule has 17 heavy (non-hydrogen) atoms. The van der Waals surface area contributed by atoms with E-state index in [1.54, 1.807) is 24.7 Å². The highest BCUT2D eigenvalue weighted by atomic mass is 16.3.